The molecule has 0 fully saturated rings. The standard InChI is InChI=1S/C18H16FNO2/c1-11(2)16(12-7-9-13(19)10-8-12)20-17(21)14-5-3-4-6-15(14)18(20)22/h3-11,16H,1-2H3/t16-/m0/s1. The molecular weight excluding hydrogens is 281 g/mol. The number of nitrogens with zero attached hydrogens (tertiary/aromatic N) is 1. The minimum atomic E-state index is -0.409. The first-order valence-electron chi connectivity index (χ1n) is 7.23. The lowest BCUT2D eigenvalue weighted by Gasteiger charge is -2.30. The van der Waals surface area contributed by atoms with Gasteiger partial charge < -0.3 is 0 Å². The van der Waals surface area contributed by atoms with Crippen LogP contribution in [0.2, 0.25) is 0 Å². The lowest BCUT2D eigenvalue weighted by Crippen LogP contribution is -2.36. The third-order valence-electron chi connectivity index (χ3n) is 3.95. The van der Waals surface area contributed by atoms with E-state index in [2.05, 4.69) is 0 Å². The van der Waals surface area contributed by atoms with Crippen LogP contribution >= 0.6 is 0 Å². The Hall–Kier alpha value is -2.49. The van der Waals surface area contributed by atoms with Gasteiger partial charge in [0, 0.05) is 0 Å². The molecule has 112 valence electrons. The second-order valence-corrected chi connectivity index (χ2v) is 5.77. The van der Waals surface area contributed by atoms with Crippen molar-refractivity contribution in [1.82, 2.24) is 4.90 Å². The Kier molecular flexibility index (Phi) is 3.53. The summed E-state index contributed by atoms with van der Waals surface area (Å²) >= 11 is 0. The van der Waals surface area contributed by atoms with Crippen LogP contribution in [0.15, 0.2) is 48.5 Å². The normalized spacial score (nSPS) is 15.4. The molecule has 2 aromatic rings. The average Bonchev–Trinajstić information content (AvgIpc) is 2.75. The molecule has 4 heteroatoms. The summed E-state index contributed by atoms with van der Waals surface area (Å²) < 4.78 is 13.1. The first-order valence-corrected chi connectivity index (χ1v) is 7.23. The number of halogens is 1. The number of carbonyl (C=O) groups excluding carboxylic acids is 2. The molecule has 0 aromatic heterocycles. The van der Waals surface area contributed by atoms with Crippen LogP contribution in [-0.4, -0.2) is 16.7 Å². The Morgan fingerprint density at radius 1 is 0.864 bits per heavy atom. The van der Waals surface area contributed by atoms with Crippen LogP contribution in [0.25, 0.3) is 0 Å². The van der Waals surface area contributed by atoms with Gasteiger partial charge in [0.1, 0.15) is 5.82 Å². The number of rotatable bonds is 3. The van der Waals surface area contributed by atoms with E-state index in [0.717, 1.165) is 5.56 Å². The highest BCUT2D eigenvalue weighted by atomic mass is 19.1. The molecule has 0 saturated carbocycles. The van der Waals surface area contributed by atoms with Crippen molar-refractivity contribution in [3.63, 3.8) is 0 Å². The van der Waals surface area contributed by atoms with Crippen molar-refractivity contribution in [2.45, 2.75) is 19.9 Å². The second-order valence-electron chi connectivity index (χ2n) is 5.77. The maximum absolute atomic E-state index is 13.1. The molecule has 0 saturated heterocycles. The van der Waals surface area contributed by atoms with E-state index in [9.17, 15) is 14.0 Å². The number of benzene rings is 2. The predicted molar refractivity (Wildman–Crippen MR) is 80.9 cm³/mol. The molecule has 3 rings (SSSR count). The molecule has 2 amide bonds. The summed E-state index contributed by atoms with van der Waals surface area (Å²) in [7, 11) is 0. The van der Waals surface area contributed by atoms with Crippen molar-refractivity contribution in [1.29, 1.82) is 0 Å². The summed E-state index contributed by atoms with van der Waals surface area (Å²) in [5.41, 5.74) is 1.62. The van der Waals surface area contributed by atoms with E-state index >= 15 is 0 Å². The lowest BCUT2D eigenvalue weighted by molar-refractivity contribution is 0.0538. The van der Waals surface area contributed by atoms with E-state index in [4.69, 9.17) is 0 Å². The molecule has 0 aliphatic carbocycles. The zero-order chi connectivity index (χ0) is 15.9. The van der Waals surface area contributed by atoms with Gasteiger partial charge in [-0.15, -0.1) is 0 Å². The van der Waals surface area contributed by atoms with Gasteiger partial charge in [-0.3, -0.25) is 14.5 Å². The number of hydrogen-bond acceptors (Lipinski definition) is 2. The van der Waals surface area contributed by atoms with E-state index < -0.39 is 6.04 Å². The van der Waals surface area contributed by atoms with Gasteiger partial charge in [0.05, 0.1) is 17.2 Å². The van der Waals surface area contributed by atoms with Crippen LogP contribution in [0, 0.1) is 11.7 Å². The lowest BCUT2D eigenvalue weighted by atomic mass is 9.94. The molecule has 1 atom stereocenters. The van der Waals surface area contributed by atoms with Crippen molar-refractivity contribution in [2.75, 3.05) is 0 Å². The highest BCUT2D eigenvalue weighted by molar-refractivity contribution is 6.21. The van der Waals surface area contributed by atoms with Crippen molar-refractivity contribution < 1.29 is 14.0 Å². The fourth-order valence-electron chi connectivity index (χ4n) is 2.95. The third kappa shape index (κ3) is 2.21. The third-order valence-corrected chi connectivity index (χ3v) is 3.95. The van der Waals surface area contributed by atoms with Gasteiger partial charge in [-0.25, -0.2) is 4.39 Å². The molecule has 0 unspecified atom stereocenters. The van der Waals surface area contributed by atoms with Crippen molar-refractivity contribution in [3.05, 3.63) is 71.0 Å². The van der Waals surface area contributed by atoms with Gasteiger partial charge >= 0.3 is 0 Å². The molecule has 0 bridgehead atoms. The number of amides is 2. The SMILES string of the molecule is CC(C)[C@@H](c1ccc(F)cc1)N1C(=O)c2ccccc2C1=O. The summed E-state index contributed by atoms with van der Waals surface area (Å²) in [4.78, 5) is 26.5. The largest absolute Gasteiger partial charge is 0.269 e. The Labute approximate surface area is 128 Å². The van der Waals surface area contributed by atoms with Crippen LogP contribution in [0.4, 0.5) is 4.39 Å². The Morgan fingerprint density at radius 2 is 1.36 bits per heavy atom. The summed E-state index contributed by atoms with van der Waals surface area (Å²) in [5.74, 6) is -0.895. The van der Waals surface area contributed by atoms with E-state index in [1.54, 1.807) is 36.4 Å². The van der Waals surface area contributed by atoms with Gasteiger partial charge in [0.15, 0.2) is 0 Å². The molecule has 0 spiro atoms. The van der Waals surface area contributed by atoms with Crippen molar-refractivity contribution in [3.8, 4) is 0 Å². The van der Waals surface area contributed by atoms with Crippen molar-refractivity contribution in [2.24, 2.45) is 5.92 Å². The van der Waals surface area contributed by atoms with E-state index in [1.807, 2.05) is 13.8 Å². The summed E-state index contributed by atoms with van der Waals surface area (Å²) in [6.45, 7) is 3.88. The predicted octanol–water partition coefficient (Wildman–Crippen LogP) is 3.82. The Balaban J connectivity index is 2.06. The van der Waals surface area contributed by atoms with Gasteiger partial charge in [-0.05, 0) is 35.7 Å². The molecule has 0 N–H and O–H groups in total. The summed E-state index contributed by atoms with van der Waals surface area (Å²) in [6.07, 6.45) is 0. The fraction of sp³-hybridized carbons (Fsp3) is 0.222. The van der Waals surface area contributed by atoms with Crippen LogP contribution in [0.5, 0.6) is 0 Å². The topological polar surface area (TPSA) is 37.4 Å². The zero-order valence-electron chi connectivity index (χ0n) is 12.4. The summed E-state index contributed by atoms with van der Waals surface area (Å²) in [6, 6.07) is 12.4. The van der Waals surface area contributed by atoms with Crippen molar-refractivity contribution >= 4 is 11.8 Å². The number of carbonyl (C=O) groups is 2. The van der Waals surface area contributed by atoms with Gasteiger partial charge in [0.25, 0.3) is 11.8 Å². The number of imide groups is 1. The first kappa shape index (κ1) is 14.4. The van der Waals surface area contributed by atoms with E-state index in [1.165, 1.54) is 17.0 Å². The van der Waals surface area contributed by atoms with Crippen LogP contribution in [0.3, 0.4) is 0 Å². The molecular formula is C18H16FNO2. The first-order chi connectivity index (χ1) is 10.5. The Bertz CT molecular complexity index is 702. The minimum Gasteiger partial charge on any atom is -0.269 e. The molecule has 1 aliphatic heterocycles. The minimum absolute atomic E-state index is 0.0210. The Morgan fingerprint density at radius 3 is 1.82 bits per heavy atom. The zero-order valence-corrected chi connectivity index (χ0v) is 12.4. The molecule has 3 nitrogen and oxygen atoms in total. The van der Waals surface area contributed by atoms with E-state index in [-0.39, 0.29) is 23.5 Å². The smallest absolute Gasteiger partial charge is 0.262 e. The molecule has 22 heavy (non-hydrogen) atoms. The number of hydrogen-bond donors (Lipinski definition) is 0. The van der Waals surface area contributed by atoms with Gasteiger partial charge in [-0.1, -0.05) is 38.1 Å². The second kappa shape index (κ2) is 5.37. The van der Waals surface area contributed by atoms with Crippen LogP contribution in [-0.2, 0) is 0 Å². The highest BCUT2D eigenvalue weighted by Gasteiger charge is 2.41. The molecule has 1 aliphatic rings. The van der Waals surface area contributed by atoms with Gasteiger partial charge in [0.2, 0.25) is 0 Å². The average molecular weight is 297 g/mol. The molecule has 2 aromatic carbocycles. The highest BCUT2D eigenvalue weighted by Crippen LogP contribution is 2.35. The fourth-order valence-corrected chi connectivity index (χ4v) is 2.95. The molecule has 1 heterocycles. The van der Waals surface area contributed by atoms with Crippen LogP contribution in [0.1, 0.15) is 46.2 Å². The number of fused-ring (bicyclic) bond motifs is 1. The van der Waals surface area contributed by atoms with Gasteiger partial charge in [-0.2, -0.15) is 0 Å². The maximum Gasteiger partial charge on any atom is 0.262 e. The monoisotopic (exact) mass is 297 g/mol. The summed E-state index contributed by atoms with van der Waals surface area (Å²) in [5, 5.41) is 0. The quantitative estimate of drug-likeness (QED) is 0.808. The van der Waals surface area contributed by atoms with E-state index in [0.29, 0.717) is 11.1 Å². The van der Waals surface area contributed by atoms with Crippen LogP contribution < -0.4 is 0 Å². The molecule has 0 radical (unpaired) electrons. The maximum atomic E-state index is 13.1.